The molecular weight excluding hydrogens is 366 g/mol. The predicted octanol–water partition coefficient (Wildman–Crippen LogP) is 0.831. The third-order valence-electron chi connectivity index (χ3n) is 4.59. The molecule has 2 aliphatic rings. The van der Waals surface area contributed by atoms with E-state index in [9.17, 15) is 13.2 Å². The number of fused-ring (bicyclic) bond motifs is 1. The molecule has 134 valence electrons. The highest BCUT2D eigenvalue weighted by atomic mass is 32.2. The van der Waals surface area contributed by atoms with Crippen molar-refractivity contribution < 1.29 is 22.7 Å². The molecule has 0 saturated carbocycles. The van der Waals surface area contributed by atoms with Gasteiger partial charge in [-0.2, -0.15) is 8.75 Å². The molecule has 1 spiro atoms. The maximum Gasteiger partial charge on any atom is 0.238 e. The largest absolute Gasteiger partial charge is 0.347 e. The van der Waals surface area contributed by atoms with Crippen LogP contribution in [0.2, 0.25) is 0 Å². The zero-order chi connectivity index (χ0) is 17.5. The van der Waals surface area contributed by atoms with E-state index >= 15 is 0 Å². The van der Waals surface area contributed by atoms with Crippen LogP contribution in [0.5, 0.6) is 0 Å². The number of hydrogen-bond donors (Lipinski definition) is 0. The van der Waals surface area contributed by atoms with E-state index in [1.807, 2.05) is 0 Å². The molecule has 2 aliphatic heterocycles. The molecule has 0 aliphatic carbocycles. The molecule has 4 rings (SSSR count). The molecule has 2 saturated heterocycles. The summed E-state index contributed by atoms with van der Waals surface area (Å²) in [6, 6.07) is 4.78. The summed E-state index contributed by atoms with van der Waals surface area (Å²) in [4.78, 5) is 14.1. The van der Waals surface area contributed by atoms with Crippen molar-refractivity contribution in [3.63, 3.8) is 0 Å². The third kappa shape index (κ3) is 3.14. The number of nitrogens with zero attached hydrogens (tertiary/aromatic N) is 3. The van der Waals surface area contributed by atoms with Gasteiger partial charge in [-0.05, 0) is 12.1 Å². The molecule has 2 fully saturated rings. The normalized spacial score (nSPS) is 20.4. The van der Waals surface area contributed by atoms with E-state index in [-0.39, 0.29) is 4.90 Å². The van der Waals surface area contributed by atoms with Crippen LogP contribution >= 0.6 is 11.7 Å². The number of rotatable bonds is 3. The molecule has 0 bridgehead atoms. The van der Waals surface area contributed by atoms with Crippen LogP contribution in [0.3, 0.4) is 0 Å². The number of sulfone groups is 1. The van der Waals surface area contributed by atoms with Crippen molar-refractivity contribution in [2.75, 3.05) is 32.1 Å². The van der Waals surface area contributed by atoms with Crippen molar-refractivity contribution in [3.8, 4) is 0 Å². The highest BCUT2D eigenvalue weighted by Gasteiger charge is 2.41. The number of amides is 1. The summed E-state index contributed by atoms with van der Waals surface area (Å²) >= 11 is 0.953. The highest BCUT2D eigenvalue weighted by Crippen LogP contribution is 2.31. The highest BCUT2D eigenvalue weighted by molar-refractivity contribution is 7.92. The Bertz CT molecular complexity index is 895. The standard InChI is InChI=1S/C15H17N3O5S2/c19-13(18-6-4-15(5-7-18)22-8-9-23-15)10-25(20,21)12-3-1-2-11-14(12)17-24-16-11/h1-3H,4-10H2. The quantitative estimate of drug-likeness (QED) is 0.774. The van der Waals surface area contributed by atoms with Crippen LogP contribution in [0.15, 0.2) is 23.1 Å². The number of piperidine rings is 1. The topological polar surface area (TPSA) is 98.7 Å². The number of benzene rings is 1. The Labute approximate surface area is 149 Å². The first kappa shape index (κ1) is 16.8. The summed E-state index contributed by atoms with van der Waals surface area (Å²) in [5, 5.41) is 0. The zero-order valence-electron chi connectivity index (χ0n) is 13.4. The Balaban J connectivity index is 1.48. The fourth-order valence-electron chi connectivity index (χ4n) is 3.25. The molecule has 0 N–H and O–H groups in total. The molecule has 1 aromatic heterocycles. The minimum Gasteiger partial charge on any atom is -0.347 e. The molecule has 1 amide bonds. The van der Waals surface area contributed by atoms with Gasteiger partial charge in [0.05, 0.1) is 29.8 Å². The average molecular weight is 383 g/mol. The van der Waals surface area contributed by atoms with Gasteiger partial charge >= 0.3 is 0 Å². The van der Waals surface area contributed by atoms with Gasteiger partial charge in [0.15, 0.2) is 15.6 Å². The first-order valence-corrected chi connectivity index (χ1v) is 10.4. The molecule has 1 aromatic carbocycles. The number of ether oxygens (including phenoxy) is 2. The summed E-state index contributed by atoms with van der Waals surface area (Å²) in [7, 11) is -3.78. The summed E-state index contributed by atoms with van der Waals surface area (Å²) < 4.78 is 44.7. The maximum absolute atomic E-state index is 12.7. The fourth-order valence-corrected chi connectivity index (χ4v) is 5.25. The van der Waals surface area contributed by atoms with E-state index in [2.05, 4.69) is 8.75 Å². The Kier molecular flexibility index (Phi) is 4.22. The molecule has 8 nitrogen and oxygen atoms in total. The molecule has 0 unspecified atom stereocenters. The van der Waals surface area contributed by atoms with Gasteiger partial charge in [-0.1, -0.05) is 6.07 Å². The van der Waals surface area contributed by atoms with E-state index in [0.29, 0.717) is 50.2 Å². The van der Waals surface area contributed by atoms with Crippen LogP contribution in [0.25, 0.3) is 11.0 Å². The summed E-state index contributed by atoms with van der Waals surface area (Å²) in [6.45, 7) is 1.98. The molecule has 10 heteroatoms. The van der Waals surface area contributed by atoms with E-state index in [4.69, 9.17) is 9.47 Å². The minimum atomic E-state index is -3.78. The zero-order valence-corrected chi connectivity index (χ0v) is 15.0. The van der Waals surface area contributed by atoms with Crippen molar-refractivity contribution in [3.05, 3.63) is 18.2 Å². The van der Waals surface area contributed by atoms with Gasteiger partial charge in [0.2, 0.25) is 5.91 Å². The molecular formula is C15H17N3O5S2. The lowest BCUT2D eigenvalue weighted by Gasteiger charge is -2.37. The first-order valence-electron chi connectivity index (χ1n) is 7.99. The lowest BCUT2D eigenvalue weighted by atomic mass is 10.0. The van der Waals surface area contributed by atoms with Crippen molar-refractivity contribution in [1.82, 2.24) is 13.6 Å². The second kappa shape index (κ2) is 6.27. The number of likely N-dealkylation sites (tertiary alicyclic amines) is 1. The van der Waals surface area contributed by atoms with Gasteiger partial charge in [0.25, 0.3) is 0 Å². The van der Waals surface area contributed by atoms with Crippen LogP contribution in [0, 0.1) is 0 Å². The van der Waals surface area contributed by atoms with Gasteiger partial charge in [0.1, 0.15) is 16.8 Å². The van der Waals surface area contributed by atoms with Crippen LogP contribution in [-0.2, 0) is 24.1 Å². The SMILES string of the molecule is O=C(CS(=O)(=O)c1cccc2nsnc12)N1CCC2(CC1)OCCO2. The van der Waals surface area contributed by atoms with Crippen LogP contribution in [-0.4, -0.2) is 65.8 Å². The van der Waals surface area contributed by atoms with Gasteiger partial charge in [-0.25, -0.2) is 8.42 Å². The minimum absolute atomic E-state index is 0.0584. The second-order valence-corrected chi connectivity index (χ2v) is 8.62. The van der Waals surface area contributed by atoms with E-state index in [1.165, 1.54) is 6.07 Å². The number of carbonyl (C=O) groups is 1. The number of carbonyl (C=O) groups excluding carboxylic acids is 1. The second-order valence-electron chi connectivity index (χ2n) is 6.14. The number of aromatic nitrogens is 2. The smallest absolute Gasteiger partial charge is 0.238 e. The molecule has 0 atom stereocenters. The third-order valence-corrected chi connectivity index (χ3v) is 6.76. The molecule has 25 heavy (non-hydrogen) atoms. The molecule has 2 aromatic rings. The summed E-state index contributed by atoms with van der Waals surface area (Å²) in [5.74, 6) is -1.57. The van der Waals surface area contributed by atoms with Crippen molar-refractivity contribution in [2.45, 2.75) is 23.5 Å². The van der Waals surface area contributed by atoms with Crippen molar-refractivity contribution in [2.24, 2.45) is 0 Å². The van der Waals surface area contributed by atoms with Crippen molar-refractivity contribution in [1.29, 1.82) is 0 Å². The number of hydrogen-bond acceptors (Lipinski definition) is 8. The van der Waals surface area contributed by atoms with E-state index < -0.39 is 27.3 Å². The lowest BCUT2D eigenvalue weighted by Crippen LogP contribution is -2.48. The van der Waals surface area contributed by atoms with Gasteiger partial charge in [-0.15, -0.1) is 0 Å². The van der Waals surface area contributed by atoms with Crippen LogP contribution < -0.4 is 0 Å². The Morgan fingerprint density at radius 3 is 2.64 bits per heavy atom. The Morgan fingerprint density at radius 1 is 1.20 bits per heavy atom. The maximum atomic E-state index is 12.7. The predicted molar refractivity (Wildman–Crippen MR) is 89.9 cm³/mol. The molecule has 0 radical (unpaired) electrons. The van der Waals surface area contributed by atoms with E-state index in [0.717, 1.165) is 11.7 Å². The monoisotopic (exact) mass is 383 g/mol. The lowest BCUT2D eigenvalue weighted by molar-refractivity contribution is -0.186. The first-order chi connectivity index (χ1) is 12.0. The van der Waals surface area contributed by atoms with Crippen molar-refractivity contribution >= 4 is 38.5 Å². The fraction of sp³-hybridized carbons (Fsp3) is 0.533. The Hall–Kier alpha value is -1.62. The van der Waals surface area contributed by atoms with Gasteiger partial charge < -0.3 is 14.4 Å². The molecule has 3 heterocycles. The van der Waals surface area contributed by atoms with E-state index in [1.54, 1.807) is 17.0 Å². The van der Waals surface area contributed by atoms with Gasteiger partial charge in [0, 0.05) is 25.9 Å². The summed E-state index contributed by atoms with van der Waals surface area (Å²) in [5.41, 5.74) is 0.847. The summed E-state index contributed by atoms with van der Waals surface area (Å²) in [6.07, 6.45) is 1.12. The van der Waals surface area contributed by atoms with Gasteiger partial charge in [-0.3, -0.25) is 4.79 Å². The Morgan fingerprint density at radius 2 is 1.92 bits per heavy atom. The van der Waals surface area contributed by atoms with Crippen LogP contribution in [0.4, 0.5) is 0 Å². The van der Waals surface area contributed by atoms with Crippen LogP contribution in [0.1, 0.15) is 12.8 Å². The average Bonchev–Trinajstić information content (AvgIpc) is 3.24.